The van der Waals surface area contributed by atoms with Crippen molar-refractivity contribution in [1.82, 2.24) is 9.62 Å². The number of piperazine rings is 1. The zero-order valence-electron chi connectivity index (χ0n) is 14.4. The van der Waals surface area contributed by atoms with E-state index in [9.17, 15) is 8.42 Å². The molecule has 1 atom stereocenters. The standard InChI is InChI=1S/C18H21ClN2O3S.ClH/c1-24-17-7-2-4-14(10-17)13-25(22,23)21-9-8-20-12-18(21)15-5-3-6-16(19)11-15;/h2-7,10-11,18,20H,8-9,12-13H2,1H3;1H. The highest BCUT2D eigenvalue weighted by molar-refractivity contribution is 7.88. The van der Waals surface area contributed by atoms with E-state index in [0.717, 1.165) is 5.56 Å². The number of sulfonamides is 1. The van der Waals surface area contributed by atoms with Crippen molar-refractivity contribution in [3.05, 3.63) is 64.7 Å². The molecule has 0 saturated carbocycles. The van der Waals surface area contributed by atoms with Gasteiger partial charge >= 0.3 is 0 Å². The zero-order chi connectivity index (χ0) is 17.9. The fourth-order valence-electron chi connectivity index (χ4n) is 3.07. The van der Waals surface area contributed by atoms with Gasteiger partial charge in [0.15, 0.2) is 0 Å². The van der Waals surface area contributed by atoms with Gasteiger partial charge in [0.2, 0.25) is 10.0 Å². The molecule has 1 heterocycles. The van der Waals surface area contributed by atoms with E-state index >= 15 is 0 Å². The largest absolute Gasteiger partial charge is 0.497 e. The highest BCUT2D eigenvalue weighted by Crippen LogP contribution is 2.29. The van der Waals surface area contributed by atoms with Crippen molar-refractivity contribution >= 4 is 34.0 Å². The van der Waals surface area contributed by atoms with Crippen LogP contribution in [0.15, 0.2) is 48.5 Å². The lowest BCUT2D eigenvalue weighted by molar-refractivity contribution is 0.271. The molecule has 26 heavy (non-hydrogen) atoms. The van der Waals surface area contributed by atoms with E-state index < -0.39 is 10.0 Å². The molecule has 1 saturated heterocycles. The van der Waals surface area contributed by atoms with Crippen LogP contribution in [0.5, 0.6) is 5.75 Å². The Morgan fingerprint density at radius 3 is 2.73 bits per heavy atom. The van der Waals surface area contributed by atoms with Crippen LogP contribution < -0.4 is 10.1 Å². The third-order valence-electron chi connectivity index (χ3n) is 4.27. The molecule has 2 aromatic rings. The van der Waals surface area contributed by atoms with Crippen LogP contribution >= 0.6 is 24.0 Å². The van der Waals surface area contributed by atoms with E-state index in [4.69, 9.17) is 16.3 Å². The fourth-order valence-corrected chi connectivity index (χ4v) is 4.99. The lowest BCUT2D eigenvalue weighted by atomic mass is 10.1. The van der Waals surface area contributed by atoms with Gasteiger partial charge in [-0.1, -0.05) is 35.9 Å². The summed E-state index contributed by atoms with van der Waals surface area (Å²) in [7, 11) is -1.91. The molecule has 3 rings (SSSR count). The third kappa shape index (κ3) is 4.90. The molecule has 0 aromatic heterocycles. The SMILES string of the molecule is COc1cccc(CS(=O)(=O)N2CCNCC2c2cccc(Cl)c2)c1.Cl. The molecule has 1 unspecified atom stereocenters. The normalized spacial score (nSPS) is 18.2. The van der Waals surface area contributed by atoms with Gasteiger partial charge in [-0.2, -0.15) is 4.31 Å². The van der Waals surface area contributed by atoms with Crippen LogP contribution in [-0.4, -0.2) is 39.5 Å². The van der Waals surface area contributed by atoms with Crippen molar-refractivity contribution in [3.8, 4) is 5.75 Å². The third-order valence-corrected chi connectivity index (χ3v) is 6.35. The topological polar surface area (TPSA) is 58.6 Å². The predicted octanol–water partition coefficient (Wildman–Crippen LogP) is 3.25. The number of hydrogen-bond acceptors (Lipinski definition) is 4. The van der Waals surface area contributed by atoms with Gasteiger partial charge in [0, 0.05) is 24.7 Å². The molecule has 2 aromatic carbocycles. The minimum absolute atomic E-state index is 0. The summed E-state index contributed by atoms with van der Waals surface area (Å²) in [5.41, 5.74) is 1.61. The molecule has 5 nitrogen and oxygen atoms in total. The van der Waals surface area contributed by atoms with Crippen molar-refractivity contribution in [2.75, 3.05) is 26.7 Å². The highest BCUT2D eigenvalue weighted by atomic mass is 35.5. The smallest absolute Gasteiger partial charge is 0.218 e. The Bertz CT molecular complexity index is 846. The lowest BCUT2D eigenvalue weighted by Crippen LogP contribution is -2.48. The Labute approximate surface area is 165 Å². The van der Waals surface area contributed by atoms with Crippen LogP contribution in [0.2, 0.25) is 5.02 Å². The number of rotatable bonds is 5. The Morgan fingerprint density at radius 1 is 1.23 bits per heavy atom. The summed E-state index contributed by atoms with van der Waals surface area (Å²) < 4.78 is 32.9. The first-order chi connectivity index (χ1) is 12.0. The van der Waals surface area contributed by atoms with Crippen molar-refractivity contribution in [2.45, 2.75) is 11.8 Å². The quantitative estimate of drug-likeness (QED) is 0.812. The second-order valence-corrected chi connectivity index (χ2v) is 8.35. The molecule has 1 aliphatic rings. The second-order valence-electron chi connectivity index (χ2n) is 5.99. The van der Waals surface area contributed by atoms with E-state index in [-0.39, 0.29) is 24.2 Å². The number of halogens is 2. The second kappa shape index (κ2) is 9.06. The lowest BCUT2D eigenvalue weighted by Gasteiger charge is -2.35. The van der Waals surface area contributed by atoms with Gasteiger partial charge in [0.05, 0.1) is 18.9 Å². The first-order valence-electron chi connectivity index (χ1n) is 8.08. The number of methoxy groups -OCH3 is 1. The molecule has 8 heteroatoms. The predicted molar refractivity (Wildman–Crippen MR) is 107 cm³/mol. The van der Waals surface area contributed by atoms with Crippen LogP contribution in [0.1, 0.15) is 17.2 Å². The van der Waals surface area contributed by atoms with Gasteiger partial charge < -0.3 is 10.1 Å². The van der Waals surface area contributed by atoms with Crippen molar-refractivity contribution in [3.63, 3.8) is 0 Å². The van der Waals surface area contributed by atoms with Gasteiger partial charge in [0.1, 0.15) is 5.75 Å². The van der Waals surface area contributed by atoms with E-state index in [1.165, 1.54) is 0 Å². The van der Waals surface area contributed by atoms with E-state index in [2.05, 4.69) is 5.32 Å². The van der Waals surface area contributed by atoms with Crippen LogP contribution in [0, 0.1) is 0 Å². The minimum atomic E-state index is -3.48. The summed E-state index contributed by atoms with van der Waals surface area (Å²) in [5.74, 6) is 0.598. The zero-order valence-corrected chi connectivity index (χ0v) is 16.8. The van der Waals surface area contributed by atoms with Crippen LogP contribution in [0.3, 0.4) is 0 Å². The summed E-state index contributed by atoms with van der Waals surface area (Å²) >= 11 is 6.09. The van der Waals surface area contributed by atoms with Crippen LogP contribution in [-0.2, 0) is 15.8 Å². The van der Waals surface area contributed by atoms with Gasteiger partial charge in [-0.3, -0.25) is 0 Å². The van der Waals surface area contributed by atoms with E-state index in [0.29, 0.717) is 36.0 Å². The van der Waals surface area contributed by atoms with E-state index in [1.807, 2.05) is 18.2 Å². The maximum atomic E-state index is 13.0. The van der Waals surface area contributed by atoms with Gasteiger partial charge in [-0.15, -0.1) is 12.4 Å². The maximum Gasteiger partial charge on any atom is 0.218 e. The van der Waals surface area contributed by atoms with Gasteiger partial charge in [0.25, 0.3) is 0 Å². The maximum absolute atomic E-state index is 13.0. The first-order valence-corrected chi connectivity index (χ1v) is 10.1. The summed E-state index contributed by atoms with van der Waals surface area (Å²) in [5, 5.41) is 3.87. The Kier molecular flexibility index (Phi) is 7.32. The first kappa shape index (κ1) is 21.0. The number of benzene rings is 2. The number of ether oxygens (including phenoxy) is 1. The monoisotopic (exact) mass is 416 g/mol. The van der Waals surface area contributed by atoms with E-state index in [1.54, 1.807) is 41.7 Å². The number of nitrogens with zero attached hydrogens (tertiary/aromatic N) is 1. The highest BCUT2D eigenvalue weighted by Gasteiger charge is 2.33. The molecule has 0 aliphatic carbocycles. The molecule has 0 spiro atoms. The fraction of sp³-hybridized carbons (Fsp3) is 0.333. The summed E-state index contributed by atoms with van der Waals surface area (Å²) in [6, 6.07) is 14.3. The van der Waals surface area contributed by atoms with Gasteiger partial charge in [-0.25, -0.2) is 8.42 Å². The summed E-state index contributed by atoms with van der Waals surface area (Å²) in [6.07, 6.45) is 0. The Morgan fingerprint density at radius 2 is 2.00 bits per heavy atom. The summed E-state index contributed by atoms with van der Waals surface area (Å²) in [4.78, 5) is 0. The van der Waals surface area contributed by atoms with Crippen LogP contribution in [0.25, 0.3) is 0 Å². The Hall–Kier alpha value is -1.31. The average molecular weight is 417 g/mol. The van der Waals surface area contributed by atoms with Gasteiger partial charge in [-0.05, 0) is 35.4 Å². The molecule has 0 radical (unpaired) electrons. The Balaban J connectivity index is 0.00000243. The van der Waals surface area contributed by atoms with Crippen molar-refractivity contribution in [2.24, 2.45) is 0 Å². The van der Waals surface area contributed by atoms with Crippen molar-refractivity contribution in [1.29, 1.82) is 0 Å². The molecular weight excluding hydrogens is 395 g/mol. The van der Waals surface area contributed by atoms with Crippen molar-refractivity contribution < 1.29 is 13.2 Å². The molecular formula is C18H22Cl2N2O3S. The molecule has 142 valence electrons. The molecule has 0 bridgehead atoms. The summed E-state index contributed by atoms with van der Waals surface area (Å²) in [6.45, 7) is 1.63. The molecule has 1 fully saturated rings. The molecule has 0 amide bonds. The number of hydrogen-bond donors (Lipinski definition) is 1. The minimum Gasteiger partial charge on any atom is -0.497 e. The molecule has 1 aliphatic heterocycles. The average Bonchev–Trinajstić information content (AvgIpc) is 2.61. The molecule has 1 N–H and O–H groups in total. The van der Waals surface area contributed by atoms with Crippen LogP contribution in [0.4, 0.5) is 0 Å². The number of nitrogens with one attached hydrogen (secondary N) is 1.